The van der Waals surface area contributed by atoms with Crippen LogP contribution in [-0.4, -0.2) is 19.4 Å². The van der Waals surface area contributed by atoms with Crippen LogP contribution in [0.3, 0.4) is 0 Å². The van der Waals surface area contributed by atoms with E-state index in [4.69, 9.17) is 4.74 Å². The van der Waals surface area contributed by atoms with Crippen molar-refractivity contribution in [3.63, 3.8) is 0 Å². The Hall–Kier alpha value is -0.670. The fourth-order valence-electron chi connectivity index (χ4n) is 2.01. The quantitative estimate of drug-likeness (QED) is 0.769. The number of hydrogen-bond acceptors (Lipinski definition) is 3. The number of thioether (sulfide) groups is 1. The van der Waals surface area contributed by atoms with E-state index in [0.29, 0.717) is 6.04 Å². The van der Waals surface area contributed by atoms with Gasteiger partial charge in [0.2, 0.25) is 0 Å². The molecule has 19 heavy (non-hydrogen) atoms. The van der Waals surface area contributed by atoms with Crippen LogP contribution in [0.15, 0.2) is 18.2 Å². The lowest BCUT2D eigenvalue weighted by Crippen LogP contribution is -2.17. The molecule has 0 heterocycles. The maximum absolute atomic E-state index is 5.46. The molecule has 0 saturated heterocycles. The molecule has 0 amide bonds. The van der Waals surface area contributed by atoms with Gasteiger partial charge in [-0.1, -0.05) is 26.8 Å². The molecular weight excluding hydrogens is 254 g/mol. The Morgan fingerprint density at radius 2 is 2.00 bits per heavy atom. The first-order chi connectivity index (χ1) is 9.08. The second kappa shape index (κ2) is 8.49. The van der Waals surface area contributed by atoms with Gasteiger partial charge in [-0.05, 0) is 42.8 Å². The molecule has 1 rings (SSSR count). The molecule has 1 N–H and O–H groups in total. The van der Waals surface area contributed by atoms with E-state index in [1.54, 1.807) is 7.11 Å². The van der Waals surface area contributed by atoms with Crippen LogP contribution >= 0.6 is 11.8 Å². The van der Waals surface area contributed by atoms with Crippen molar-refractivity contribution in [2.24, 2.45) is 5.92 Å². The van der Waals surface area contributed by atoms with Gasteiger partial charge in [0.15, 0.2) is 0 Å². The van der Waals surface area contributed by atoms with Crippen LogP contribution in [0.25, 0.3) is 0 Å². The molecule has 0 aliphatic heterocycles. The average molecular weight is 281 g/mol. The minimum atomic E-state index is 0.393. The lowest BCUT2D eigenvalue weighted by Gasteiger charge is -2.16. The van der Waals surface area contributed by atoms with E-state index in [1.807, 2.05) is 11.8 Å². The van der Waals surface area contributed by atoms with Crippen molar-refractivity contribution in [2.45, 2.75) is 39.5 Å². The van der Waals surface area contributed by atoms with E-state index < -0.39 is 0 Å². The van der Waals surface area contributed by atoms with Crippen LogP contribution < -0.4 is 10.1 Å². The van der Waals surface area contributed by atoms with Gasteiger partial charge < -0.3 is 10.1 Å². The van der Waals surface area contributed by atoms with Gasteiger partial charge in [-0.3, -0.25) is 0 Å². The zero-order valence-corrected chi connectivity index (χ0v) is 13.6. The minimum absolute atomic E-state index is 0.393. The Morgan fingerprint density at radius 3 is 2.58 bits per heavy atom. The van der Waals surface area contributed by atoms with Crippen LogP contribution in [0.1, 0.15) is 44.9 Å². The van der Waals surface area contributed by atoms with Gasteiger partial charge in [0, 0.05) is 17.4 Å². The molecule has 0 bridgehead atoms. The van der Waals surface area contributed by atoms with Crippen molar-refractivity contribution in [2.75, 3.05) is 19.4 Å². The van der Waals surface area contributed by atoms with Crippen molar-refractivity contribution in [1.29, 1.82) is 0 Å². The zero-order valence-electron chi connectivity index (χ0n) is 12.8. The summed E-state index contributed by atoms with van der Waals surface area (Å²) in [6, 6.07) is 6.92. The summed E-state index contributed by atoms with van der Waals surface area (Å²) in [4.78, 5) is 0. The largest absolute Gasteiger partial charge is 0.496 e. The lowest BCUT2D eigenvalue weighted by atomic mass is 10.0. The molecule has 3 heteroatoms. The van der Waals surface area contributed by atoms with Gasteiger partial charge >= 0.3 is 0 Å². The van der Waals surface area contributed by atoms with Gasteiger partial charge in [0.1, 0.15) is 5.75 Å². The number of ether oxygens (including phenoxy) is 1. The van der Waals surface area contributed by atoms with Crippen LogP contribution in [0.5, 0.6) is 5.75 Å². The number of benzene rings is 1. The highest BCUT2D eigenvalue weighted by atomic mass is 32.2. The Kier molecular flexibility index (Phi) is 7.32. The van der Waals surface area contributed by atoms with E-state index >= 15 is 0 Å². The van der Waals surface area contributed by atoms with E-state index in [2.05, 4.69) is 51.2 Å². The number of nitrogens with one attached hydrogen (secondary N) is 1. The normalized spacial score (nSPS) is 12.7. The Morgan fingerprint density at radius 1 is 1.26 bits per heavy atom. The van der Waals surface area contributed by atoms with Crippen molar-refractivity contribution >= 4 is 11.8 Å². The molecular formula is C16H27NOS. The molecule has 0 aliphatic rings. The summed E-state index contributed by atoms with van der Waals surface area (Å²) in [6.45, 7) is 9.85. The summed E-state index contributed by atoms with van der Waals surface area (Å²) in [5, 5.41) is 3.45. The molecule has 0 aliphatic carbocycles. The van der Waals surface area contributed by atoms with Gasteiger partial charge in [0.25, 0.3) is 0 Å². The lowest BCUT2D eigenvalue weighted by molar-refractivity contribution is 0.411. The van der Waals surface area contributed by atoms with Gasteiger partial charge in [-0.25, -0.2) is 0 Å². The predicted octanol–water partition coefficient (Wildman–Crippen LogP) is 4.25. The van der Waals surface area contributed by atoms with Gasteiger partial charge in [-0.2, -0.15) is 11.8 Å². The monoisotopic (exact) mass is 281 g/mol. The second-order valence-corrected chi connectivity index (χ2v) is 6.29. The molecule has 0 radical (unpaired) electrons. The van der Waals surface area contributed by atoms with Crippen molar-refractivity contribution < 1.29 is 4.74 Å². The van der Waals surface area contributed by atoms with Crippen molar-refractivity contribution in [1.82, 2.24) is 5.32 Å². The summed E-state index contributed by atoms with van der Waals surface area (Å²) >= 11 is 1.98. The summed E-state index contributed by atoms with van der Waals surface area (Å²) in [6.07, 6.45) is 0. The second-order valence-electron chi connectivity index (χ2n) is 5.26. The zero-order chi connectivity index (χ0) is 14.3. The van der Waals surface area contributed by atoms with E-state index in [1.165, 1.54) is 16.9 Å². The third-order valence-electron chi connectivity index (χ3n) is 3.02. The molecule has 0 fully saturated rings. The van der Waals surface area contributed by atoms with Gasteiger partial charge in [-0.15, -0.1) is 0 Å². The summed E-state index contributed by atoms with van der Waals surface area (Å²) in [5.41, 5.74) is 2.64. The first-order valence-electron chi connectivity index (χ1n) is 7.06. The van der Waals surface area contributed by atoms with Crippen LogP contribution in [0.2, 0.25) is 0 Å². The molecule has 1 aromatic carbocycles. The highest BCUT2D eigenvalue weighted by Gasteiger charge is 2.09. The Bertz CT molecular complexity index is 379. The van der Waals surface area contributed by atoms with Crippen LogP contribution in [0, 0.1) is 5.92 Å². The molecule has 0 spiro atoms. The van der Waals surface area contributed by atoms with E-state index in [-0.39, 0.29) is 0 Å². The maximum Gasteiger partial charge on any atom is 0.122 e. The highest BCUT2D eigenvalue weighted by Crippen LogP contribution is 2.27. The SMILES string of the molecule is CCNC(C)c1ccc(OC)c(CSCC(C)C)c1. The fraction of sp³-hybridized carbons (Fsp3) is 0.625. The topological polar surface area (TPSA) is 21.3 Å². The van der Waals surface area contributed by atoms with E-state index in [0.717, 1.165) is 24.0 Å². The third-order valence-corrected chi connectivity index (χ3v) is 4.44. The van der Waals surface area contributed by atoms with Crippen molar-refractivity contribution in [3.05, 3.63) is 29.3 Å². The summed E-state index contributed by atoms with van der Waals surface area (Å²) < 4.78 is 5.46. The molecule has 2 nitrogen and oxygen atoms in total. The Balaban J connectivity index is 2.77. The molecule has 0 aromatic heterocycles. The summed E-state index contributed by atoms with van der Waals surface area (Å²) in [7, 11) is 1.75. The van der Waals surface area contributed by atoms with Crippen LogP contribution in [0.4, 0.5) is 0 Å². The first-order valence-corrected chi connectivity index (χ1v) is 8.21. The molecule has 108 valence electrons. The molecule has 1 atom stereocenters. The molecule has 0 saturated carbocycles. The molecule has 1 aromatic rings. The number of methoxy groups -OCH3 is 1. The van der Waals surface area contributed by atoms with Gasteiger partial charge in [0.05, 0.1) is 7.11 Å². The molecule has 1 unspecified atom stereocenters. The highest BCUT2D eigenvalue weighted by molar-refractivity contribution is 7.98. The Labute approximate surface area is 122 Å². The number of hydrogen-bond donors (Lipinski definition) is 1. The number of rotatable bonds is 8. The standard InChI is InChI=1S/C16H27NOS/c1-6-17-13(4)14-7-8-16(18-5)15(9-14)11-19-10-12(2)3/h7-9,12-13,17H,6,10-11H2,1-5H3. The first kappa shape index (κ1) is 16.4. The van der Waals surface area contributed by atoms with Crippen LogP contribution in [-0.2, 0) is 5.75 Å². The fourth-order valence-corrected chi connectivity index (χ4v) is 3.04. The third kappa shape index (κ3) is 5.45. The van der Waals surface area contributed by atoms with E-state index in [9.17, 15) is 0 Å². The summed E-state index contributed by atoms with van der Waals surface area (Å²) in [5.74, 6) is 3.95. The van der Waals surface area contributed by atoms with Crippen molar-refractivity contribution in [3.8, 4) is 5.75 Å². The average Bonchev–Trinajstić information content (AvgIpc) is 2.38. The maximum atomic E-state index is 5.46. The predicted molar refractivity (Wildman–Crippen MR) is 86.1 cm³/mol. The smallest absolute Gasteiger partial charge is 0.122 e. The minimum Gasteiger partial charge on any atom is -0.496 e.